The van der Waals surface area contributed by atoms with E-state index < -0.39 is 0 Å². The van der Waals surface area contributed by atoms with Crippen molar-refractivity contribution in [2.45, 2.75) is 18.9 Å². The molecule has 132 valence electrons. The van der Waals surface area contributed by atoms with Gasteiger partial charge >= 0.3 is 0 Å². The van der Waals surface area contributed by atoms with Gasteiger partial charge in [-0.1, -0.05) is 12.1 Å². The molecule has 0 spiro atoms. The lowest BCUT2D eigenvalue weighted by atomic mass is 9.96. The Hall–Kier alpha value is -2.84. The van der Waals surface area contributed by atoms with E-state index in [2.05, 4.69) is 16.3 Å². The van der Waals surface area contributed by atoms with E-state index in [1.807, 2.05) is 6.07 Å². The first-order valence-corrected chi connectivity index (χ1v) is 9.01. The molecule has 3 atom stereocenters. The molecule has 1 unspecified atom stereocenters. The van der Waals surface area contributed by atoms with E-state index in [0.717, 1.165) is 25.4 Å². The van der Waals surface area contributed by atoms with Gasteiger partial charge in [-0.15, -0.1) is 0 Å². The Labute approximate surface area is 153 Å². The van der Waals surface area contributed by atoms with Gasteiger partial charge in [0.15, 0.2) is 0 Å². The van der Waals surface area contributed by atoms with Crippen molar-refractivity contribution >= 4 is 5.91 Å². The summed E-state index contributed by atoms with van der Waals surface area (Å²) in [5.41, 5.74) is 1.11. The zero-order chi connectivity index (χ0) is 17.9. The number of piperidine rings is 1. The molecule has 2 aromatic carbocycles. The molecule has 2 saturated heterocycles. The SMILES string of the molecule is N#Cc1ccccc1Oc1ccc(C(=O)N[C@@H]2C[C@H]3CCN(C3)C2)cc1. The lowest BCUT2D eigenvalue weighted by Crippen LogP contribution is -2.46. The Kier molecular flexibility index (Phi) is 4.59. The largest absolute Gasteiger partial charge is 0.456 e. The van der Waals surface area contributed by atoms with Crippen molar-refractivity contribution in [1.29, 1.82) is 5.26 Å². The predicted octanol–water partition coefficient (Wildman–Crippen LogP) is 3.17. The molecule has 26 heavy (non-hydrogen) atoms. The van der Waals surface area contributed by atoms with Gasteiger partial charge in [0.2, 0.25) is 0 Å². The van der Waals surface area contributed by atoms with E-state index in [-0.39, 0.29) is 11.9 Å². The second-order valence-corrected chi connectivity index (χ2v) is 7.05. The van der Waals surface area contributed by atoms with Crippen LogP contribution in [0.4, 0.5) is 0 Å². The molecule has 2 fully saturated rings. The van der Waals surface area contributed by atoms with Crippen LogP contribution in [-0.4, -0.2) is 36.5 Å². The topological polar surface area (TPSA) is 65.4 Å². The third-order valence-corrected chi connectivity index (χ3v) is 5.15. The highest BCUT2D eigenvalue weighted by atomic mass is 16.5. The molecule has 0 aromatic heterocycles. The minimum absolute atomic E-state index is 0.0403. The number of amides is 1. The molecule has 0 saturated carbocycles. The van der Waals surface area contributed by atoms with Crippen LogP contribution in [0.1, 0.15) is 28.8 Å². The molecule has 0 aliphatic carbocycles. The number of nitrogens with zero attached hydrogens (tertiary/aromatic N) is 2. The molecule has 2 bridgehead atoms. The molecular formula is C21H21N3O2. The zero-order valence-corrected chi connectivity index (χ0v) is 14.5. The van der Waals surface area contributed by atoms with E-state index in [1.54, 1.807) is 42.5 Å². The molecule has 5 nitrogen and oxygen atoms in total. The summed E-state index contributed by atoms with van der Waals surface area (Å²) in [7, 11) is 0. The van der Waals surface area contributed by atoms with E-state index in [1.165, 1.54) is 13.0 Å². The molecule has 2 aliphatic rings. The number of para-hydroxylation sites is 1. The van der Waals surface area contributed by atoms with Crippen LogP contribution in [0, 0.1) is 17.2 Å². The van der Waals surface area contributed by atoms with Crippen molar-refractivity contribution in [3.8, 4) is 17.6 Å². The van der Waals surface area contributed by atoms with Crippen molar-refractivity contribution in [1.82, 2.24) is 10.2 Å². The average molecular weight is 347 g/mol. The average Bonchev–Trinajstić information content (AvgIpc) is 3.01. The summed E-state index contributed by atoms with van der Waals surface area (Å²) in [4.78, 5) is 14.9. The summed E-state index contributed by atoms with van der Waals surface area (Å²) in [6.07, 6.45) is 2.33. The van der Waals surface area contributed by atoms with Gasteiger partial charge in [0, 0.05) is 24.7 Å². The molecule has 2 aliphatic heterocycles. The van der Waals surface area contributed by atoms with Crippen LogP contribution in [0.3, 0.4) is 0 Å². The van der Waals surface area contributed by atoms with Crippen molar-refractivity contribution in [3.63, 3.8) is 0 Å². The van der Waals surface area contributed by atoms with Crippen LogP contribution in [0.5, 0.6) is 11.5 Å². The van der Waals surface area contributed by atoms with E-state index >= 15 is 0 Å². The van der Waals surface area contributed by atoms with Gasteiger partial charge in [-0.05, 0) is 61.7 Å². The zero-order valence-electron chi connectivity index (χ0n) is 14.5. The summed E-state index contributed by atoms with van der Waals surface area (Å²) in [6, 6.07) is 16.5. The fourth-order valence-corrected chi connectivity index (χ4v) is 3.88. The molecule has 5 heteroatoms. The number of fused-ring (bicyclic) bond motifs is 2. The van der Waals surface area contributed by atoms with Gasteiger partial charge in [-0.2, -0.15) is 5.26 Å². The number of benzene rings is 2. The van der Waals surface area contributed by atoms with E-state index in [4.69, 9.17) is 10.00 Å². The Balaban J connectivity index is 1.39. The van der Waals surface area contributed by atoms with Gasteiger partial charge in [0.05, 0.1) is 5.56 Å². The number of hydrogen-bond donors (Lipinski definition) is 1. The van der Waals surface area contributed by atoms with E-state index in [9.17, 15) is 4.79 Å². The first kappa shape index (κ1) is 16.6. The highest BCUT2D eigenvalue weighted by molar-refractivity contribution is 5.94. The lowest BCUT2D eigenvalue weighted by molar-refractivity contribution is 0.0909. The number of carbonyl (C=O) groups excluding carboxylic acids is 1. The van der Waals surface area contributed by atoms with Crippen LogP contribution in [0.2, 0.25) is 0 Å². The third kappa shape index (κ3) is 3.56. The Morgan fingerprint density at radius 1 is 1.15 bits per heavy atom. The third-order valence-electron chi connectivity index (χ3n) is 5.15. The minimum Gasteiger partial charge on any atom is -0.456 e. The monoisotopic (exact) mass is 347 g/mol. The van der Waals surface area contributed by atoms with Crippen molar-refractivity contribution in [2.24, 2.45) is 5.92 Å². The number of rotatable bonds is 4. The van der Waals surface area contributed by atoms with Crippen molar-refractivity contribution < 1.29 is 9.53 Å². The van der Waals surface area contributed by atoms with Crippen LogP contribution in [0.25, 0.3) is 0 Å². The molecule has 2 aromatic rings. The smallest absolute Gasteiger partial charge is 0.251 e. The summed E-state index contributed by atoms with van der Waals surface area (Å²) >= 11 is 0. The van der Waals surface area contributed by atoms with Crippen molar-refractivity contribution in [2.75, 3.05) is 19.6 Å². The first-order chi connectivity index (χ1) is 12.7. The maximum absolute atomic E-state index is 12.5. The molecule has 4 rings (SSSR count). The second kappa shape index (κ2) is 7.19. The Morgan fingerprint density at radius 3 is 2.73 bits per heavy atom. The molecule has 2 heterocycles. The normalized spacial score (nSPS) is 23.9. The standard InChI is InChI=1S/C21H21N3O2/c22-12-17-3-1-2-4-20(17)26-19-7-5-16(6-8-19)21(25)23-18-11-15-9-10-24(13-15)14-18/h1-8,15,18H,9-11,13-14H2,(H,23,25)/t15-,18-/m1/s1. The van der Waals surface area contributed by atoms with Gasteiger partial charge in [0.25, 0.3) is 5.91 Å². The quantitative estimate of drug-likeness (QED) is 0.922. The van der Waals surface area contributed by atoms with Gasteiger partial charge in [-0.25, -0.2) is 0 Å². The number of nitrogens with one attached hydrogen (secondary N) is 1. The summed E-state index contributed by atoms with van der Waals surface area (Å²) in [6.45, 7) is 3.30. The highest BCUT2D eigenvalue weighted by Crippen LogP contribution is 2.27. The number of nitriles is 1. The summed E-state index contributed by atoms with van der Waals surface area (Å²) < 4.78 is 5.76. The number of carbonyl (C=O) groups is 1. The first-order valence-electron chi connectivity index (χ1n) is 9.01. The predicted molar refractivity (Wildman–Crippen MR) is 98.1 cm³/mol. The Morgan fingerprint density at radius 2 is 1.96 bits per heavy atom. The fourth-order valence-electron chi connectivity index (χ4n) is 3.88. The lowest BCUT2D eigenvalue weighted by Gasteiger charge is -2.30. The van der Waals surface area contributed by atoms with Crippen LogP contribution in [0.15, 0.2) is 48.5 Å². The van der Waals surface area contributed by atoms with E-state index in [0.29, 0.717) is 22.6 Å². The van der Waals surface area contributed by atoms with Crippen molar-refractivity contribution in [3.05, 3.63) is 59.7 Å². The van der Waals surface area contributed by atoms with Gasteiger partial charge in [0.1, 0.15) is 17.6 Å². The number of hydrogen-bond acceptors (Lipinski definition) is 4. The maximum Gasteiger partial charge on any atom is 0.251 e. The highest BCUT2D eigenvalue weighted by Gasteiger charge is 2.32. The van der Waals surface area contributed by atoms with Gasteiger partial charge in [-0.3, -0.25) is 4.79 Å². The van der Waals surface area contributed by atoms with Crippen LogP contribution >= 0.6 is 0 Å². The maximum atomic E-state index is 12.5. The number of ether oxygens (including phenoxy) is 1. The molecule has 0 radical (unpaired) electrons. The molecule has 1 N–H and O–H groups in total. The van der Waals surface area contributed by atoms with Gasteiger partial charge < -0.3 is 15.0 Å². The van der Waals surface area contributed by atoms with Crippen LogP contribution < -0.4 is 10.1 Å². The molecular weight excluding hydrogens is 326 g/mol. The van der Waals surface area contributed by atoms with Crippen LogP contribution in [-0.2, 0) is 0 Å². The Bertz CT molecular complexity index is 829. The fraction of sp³-hybridized carbons (Fsp3) is 0.333. The summed E-state index contributed by atoms with van der Waals surface area (Å²) in [5.74, 6) is 1.80. The second-order valence-electron chi connectivity index (χ2n) is 7.05. The minimum atomic E-state index is -0.0403. The molecule has 1 amide bonds. The summed E-state index contributed by atoms with van der Waals surface area (Å²) in [5, 5.41) is 12.3.